The van der Waals surface area contributed by atoms with Crippen molar-refractivity contribution in [3.05, 3.63) is 59.7 Å². The quantitative estimate of drug-likeness (QED) is 0.478. The predicted molar refractivity (Wildman–Crippen MR) is 115 cm³/mol. The Balaban J connectivity index is 2.17. The highest BCUT2D eigenvalue weighted by atomic mass is 16.3. The lowest BCUT2D eigenvalue weighted by Gasteiger charge is -2.27. The van der Waals surface area contributed by atoms with Crippen molar-refractivity contribution in [2.75, 3.05) is 22.9 Å². The summed E-state index contributed by atoms with van der Waals surface area (Å²) in [5, 5.41) is 19.9. The Morgan fingerprint density at radius 3 is 1.32 bits per heavy atom. The third-order valence-corrected chi connectivity index (χ3v) is 4.75. The molecule has 2 rings (SSSR count). The monoisotopic (exact) mass is 384 g/mol. The van der Waals surface area contributed by atoms with Crippen molar-refractivity contribution < 1.29 is 15.0 Å². The molecule has 28 heavy (non-hydrogen) atoms. The van der Waals surface area contributed by atoms with Crippen LogP contribution in [-0.2, 0) is 0 Å². The summed E-state index contributed by atoms with van der Waals surface area (Å²) in [6, 6.07) is 14.7. The highest BCUT2D eigenvalue weighted by molar-refractivity contribution is 6.09. The van der Waals surface area contributed by atoms with Gasteiger partial charge in [0.1, 0.15) is 12.5 Å². The maximum Gasteiger partial charge on any atom is 0.193 e. The van der Waals surface area contributed by atoms with Gasteiger partial charge in [-0.2, -0.15) is 0 Å². The van der Waals surface area contributed by atoms with Gasteiger partial charge in [0.05, 0.1) is 0 Å². The zero-order valence-electron chi connectivity index (χ0n) is 17.3. The van der Waals surface area contributed by atoms with E-state index in [1.165, 1.54) is 0 Å². The van der Waals surface area contributed by atoms with E-state index in [1.807, 2.05) is 34.1 Å². The van der Waals surface area contributed by atoms with Crippen molar-refractivity contribution in [3.8, 4) is 0 Å². The van der Waals surface area contributed by atoms with Crippen molar-refractivity contribution >= 4 is 17.2 Å². The first-order valence-corrected chi connectivity index (χ1v) is 10.0. The third-order valence-electron chi connectivity index (χ3n) is 4.75. The van der Waals surface area contributed by atoms with Crippen LogP contribution in [0.15, 0.2) is 48.5 Å². The van der Waals surface area contributed by atoms with E-state index in [2.05, 4.69) is 13.8 Å². The standard InChI is InChI=1S/C23H32N2O3/c1-5-15-24(17(3)26)21-11-7-19(8-12-21)23(28)20-9-13-22(14-10-20)25(16-6-2)18(4)27/h7-14,17-18,26-27H,5-6,15-16H2,1-4H3. The van der Waals surface area contributed by atoms with E-state index in [0.29, 0.717) is 11.1 Å². The first kappa shape index (κ1) is 21.9. The SMILES string of the molecule is CCCN(c1ccc(C(=O)c2ccc(N(CCC)C(C)O)cc2)cc1)C(C)O. The van der Waals surface area contributed by atoms with Crippen LogP contribution in [0.1, 0.15) is 56.5 Å². The van der Waals surface area contributed by atoms with Gasteiger partial charge in [-0.1, -0.05) is 13.8 Å². The number of anilines is 2. The maximum absolute atomic E-state index is 12.8. The zero-order chi connectivity index (χ0) is 20.7. The highest BCUT2D eigenvalue weighted by Gasteiger charge is 2.15. The van der Waals surface area contributed by atoms with E-state index in [1.54, 1.807) is 38.1 Å². The van der Waals surface area contributed by atoms with E-state index in [4.69, 9.17) is 0 Å². The molecule has 0 aromatic heterocycles. The molecule has 5 heteroatoms. The van der Waals surface area contributed by atoms with Crippen molar-refractivity contribution in [2.24, 2.45) is 0 Å². The van der Waals surface area contributed by atoms with Crippen molar-refractivity contribution in [3.63, 3.8) is 0 Å². The van der Waals surface area contributed by atoms with E-state index in [0.717, 1.165) is 37.3 Å². The molecular weight excluding hydrogens is 352 g/mol. The normalized spacial score (nSPS) is 13.1. The Morgan fingerprint density at radius 1 is 0.750 bits per heavy atom. The largest absolute Gasteiger partial charge is 0.374 e. The van der Waals surface area contributed by atoms with Crippen LogP contribution in [0.3, 0.4) is 0 Å². The number of hydrogen-bond donors (Lipinski definition) is 2. The molecule has 0 radical (unpaired) electrons. The molecular formula is C23H32N2O3. The Labute approximate surface area is 168 Å². The molecule has 2 N–H and O–H groups in total. The first-order chi connectivity index (χ1) is 13.4. The summed E-state index contributed by atoms with van der Waals surface area (Å²) in [5.74, 6) is -0.0451. The number of ketones is 1. The van der Waals surface area contributed by atoms with Crippen molar-refractivity contribution in [1.29, 1.82) is 0 Å². The van der Waals surface area contributed by atoms with Gasteiger partial charge in [0.25, 0.3) is 0 Å². The van der Waals surface area contributed by atoms with Gasteiger partial charge in [0.2, 0.25) is 0 Å². The van der Waals surface area contributed by atoms with E-state index in [9.17, 15) is 15.0 Å². The molecule has 152 valence electrons. The predicted octanol–water partition coefficient (Wildman–Crippen LogP) is 4.03. The van der Waals surface area contributed by atoms with Crippen LogP contribution < -0.4 is 9.80 Å². The van der Waals surface area contributed by atoms with Gasteiger partial charge in [-0.3, -0.25) is 4.79 Å². The summed E-state index contributed by atoms with van der Waals surface area (Å²) in [5.41, 5.74) is 3.02. The van der Waals surface area contributed by atoms with Gasteiger partial charge >= 0.3 is 0 Å². The number of hydrogen-bond acceptors (Lipinski definition) is 5. The third kappa shape index (κ3) is 5.33. The number of carbonyl (C=O) groups excluding carboxylic acids is 1. The van der Waals surface area contributed by atoms with Crippen LogP contribution in [0, 0.1) is 0 Å². The summed E-state index contributed by atoms with van der Waals surface area (Å²) in [6.45, 7) is 9.12. The molecule has 0 saturated heterocycles. The Morgan fingerprint density at radius 2 is 1.07 bits per heavy atom. The minimum atomic E-state index is -0.575. The number of aliphatic hydroxyl groups excluding tert-OH is 2. The maximum atomic E-state index is 12.8. The summed E-state index contributed by atoms with van der Waals surface area (Å²) < 4.78 is 0. The average Bonchev–Trinajstić information content (AvgIpc) is 2.69. The lowest BCUT2D eigenvalue weighted by molar-refractivity contribution is 0.103. The first-order valence-electron chi connectivity index (χ1n) is 10.0. The average molecular weight is 385 g/mol. The molecule has 0 aliphatic heterocycles. The molecule has 2 aromatic carbocycles. The van der Waals surface area contributed by atoms with Gasteiger partial charge in [-0.05, 0) is 75.2 Å². The Bertz CT molecular complexity index is 676. The number of nitrogens with zero attached hydrogens (tertiary/aromatic N) is 2. The lowest BCUT2D eigenvalue weighted by Crippen LogP contribution is -2.33. The van der Waals surface area contributed by atoms with Crippen LogP contribution in [0.2, 0.25) is 0 Å². The summed E-state index contributed by atoms with van der Waals surface area (Å²) >= 11 is 0. The molecule has 0 saturated carbocycles. The number of benzene rings is 2. The highest BCUT2D eigenvalue weighted by Crippen LogP contribution is 2.22. The lowest BCUT2D eigenvalue weighted by atomic mass is 10.0. The van der Waals surface area contributed by atoms with Gasteiger partial charge in [-0.25, -0.2) is 0 Å². The second kappa shape index (κ2) is 10.2. The van der Waals surface area contributed by atoms with E-state index < -0.39 is 12.5 Å². The van der Waals surface area contributed by atoms with Gasteiger partial charge in [0.15, 0.2) is 5.78 Å². The molecule has 2 atom stereocenters. The molecule has 0 amide bonds. The van der Waals surface area contributed by atoms with E-state index in [-0.39, 0.29) is 5.78 Å². The number of rotatable bonds is 10. The molecule has 2 aromatic rings. The molecule has 0 aliphatic rings. The summed E-state index contributed by atoms with van der Waals surface area (Å²) in [7, 11) is 0. The number of aliphatic hydroxyl groups is 2. The Hall–Kier alpha value is -2.37. The second-order valence-electron chi connectivity index (χ2n) is 7.07. The topological polar surface area (TPSA) is 64.0 Å². The van der Waals surface area contributed by atoms with Crippen molar-refractivity contribution in [2.45, 2.75) is 53.0 Å². The van der Waals surface area contributed by atoms with Crippen molar-refractivity contribution in [1.82, 2.24) is 0 Å². The fourth-order valence-corrected chi connectivity index (χ4v) is 3.32. The van der Waals surface area contributed by atoms with Crippen LogP contribution in [-0.4, -0.2) is 41.5 Å². The van der Waals surface area contributed by atoms with E-state index >= 15 is 0 Å². The molecule has 0 heterocycles. The minimum absolute atomic E-state index is 0.0451. The molecule has 2 unspecified atom stereocenters. The molecule has 0 spiro atoms. The minimum Gasteiger partial charge on any atom is -0.374 e. The Kier molecular flexibility index (Phi) is 8.03. The van der Waals surface area contributed by atoms with Crippen LogP contribution in [0.4, 0.5) is 11.4 Å². The number of carbonyl (C=O) groups is 1. The van der Waals surface area contributed by atoms with Crippen LogP contribution in [0.5, 0.6) is 0 Å². The molecule has 0 aliphatic carbocycles. The van der Waals surface area contributed by atoms with Crippen LogP contribution in [0.25, 0.3) is 0 Å². The smallest absolute Gasteiger partial charge is 0.193 e. The van der Waals surface area contributed by atoms with Gasteiger partial charge in [-0.15, -0.1) is 0 Å². The second-order valence-corrected chi connectivity index (χ2v) is 7.07. The van der Waals surface area contributed by atoms with Gasteiger partial charge < -0.3 is 20.0 Å². The molecule has 5 nitrogen and oxygen atoms in total. The summed E-state index contributed by atoms with van der Waals surface area (Å²) in [6.07, 6.45) is 0.710. The molecule has 0 fully saturated rings. The molecule has 0 bridgehead atoms. The fourth-order valence-electron chi connectivity index (χ4n) is 3.32. The zero-order valence-corrected chi connectivity index (χ0v) is 17.3. The summed E-state index contributed by atoms with van der Waals surface area (Å²) in [4.78, 5) is 16.6. The fraction of sp³-hybridized carbons (Fsp3) is 0.435. The van der Waals surface area contributed by atoms with Crippen LogP contribution >= 0.6 is 0 Å². The van der Waals surface area contributed by atoms with Gasteiger partial charge in [0, 0.05) is 35.6 Å².